The molecule has 0 spiro atoms. The molecule has 64 valence electrons. The van der Waals surface area contributed by atoms with Crippen LogP contribution in [0.3, 0.4) is 0 Å². The van der Waals surface area contributed by atoms with Crippen molar-refractivity contribution < 1.29 is 4.79 Å². The number of azide groups is 1. The van der Waals surface area contributed by atoms with Crippen LogP contribution in [-0.2, 0) is 4.79 Å². The molecule has 0 aliphatic carbocycles. The van der Waals surface area contributed by atoms with E-state index in [9.17, 15) is 4.79 Å². The fourth-order valence-corrected chi connectivity index (χ4v) is 0.605. The van der Waals surface area contributed by atoms with Crippen molar-refractivity contribution in [3.63, 3.8) is 0 Å². The number of hydrogen-bond acceptors (Lipinski definition) is 2. The second kappa shape index (κ2) is 7.45. The lowest BCUT2D eigenvalue weighted by atomic mass is 10.3. The van der Waals surface area contributed by atoms with Crippen LogP contribution in [-0.4, -0.2) is 19.0 Å². The Bertz CT molecular complexity index is 224. The van der Waals surface area contributed by atoms with Gasteiger partial charge in [-0.1, -0.05) is 5.11 Å². The zero-order chi connectivity index (χ0) is 9.23. The Morgan fingerprint density at radius 2 is 2.42 bits per heavy atom. The third-order valence-corrected chi connectivity index (χ3v) is 1.16. The molecule has 5 heteroatoms. The number of nitrogens with zero attached hydrogens (tertiary/aromatic N) is 3. The molecule has 0 fully saturated rings. The van der Waals surface area contributed by atoms with Crippen molar-refractivity contribution in [1.82, 2.24) is 5.32 Å². The van der Waals surface area contributed by atoms with E-state index in [2.05, 4.69) is 15.3 Å². The number of rotatable bonds is 5. The minimum absolute atomic E-state index is 0.404. The SMILES string of the molecule is C#CC(=O)NCCCCN=[N+]=[N-]. The van der Waals surface area contributed by atoms with Crippen LogP contribution < -0.4 is 5.32 Å². The van der Waals surface area contributed by atoms with Gasteiger partial charge in [0, 0.05) is 18.0 Å². The van der Waals surface area contributed by atoms with Crippen LogP contribution in [0.4, 0.5) is 0 Å². The molecule has 12 heavy (non-hydrogen) atoms. The Kier molecular flexibility index (Phi) is 6.42. The highest BCUT2D eigenvalue weighted by atomic mass is 16.1. The standard InChI is InChI=1S/C7H10N4O/c1-2-7(12)9-5-3-4-6-10-11-8/h1H,3-6H2,(H,9,12). The van der Waals surface area contributed by atoms with Gasteiger partial charge in [0.25, 0.3) is 5.91 Å². The first-order valence-electron chi connectivity index (χ1n) is 3.56. The van der Waals surface area contributed by atoms with Gasteiger partial charge in [-0.3, -0.25) is 4.79 Å². The normalized spacial score (nSPS) is 7.92. The minimum Gasteiger partial charge on any atom is -0.345 e. The maximum absolute atomic E-state index is 10.5. The van der Waals surface area contributed by atoms with Crippen LogP contribution in [0.15, 0.2) is 5.11 Å². The Morgan fingerprint density at radius 3 is 3.00 bits per heavy atom. The summed E-state index contributed by atoms with van der Waals surface area (Å²) in [4.78, 5) is 13.1. The van der Waals surface area contributed by atoms with Gasteiger partial charge in [0.15, 0.2) is 0 Å². The summed E-state index contributed by atoms with van der Waals surface area (Å²) in [6.45, 7) is 0.992. The highest BCUT2D eigenvalue weighted by molar-refractivity contribution is 5.92. The number of carbonyl (C=O) groups is 1. The number of hydrogen-bond donors (Lipinski definition) is 1. The monoisotopic (exact) mass is 166 g/mol. The Balaban J connectivity index is 3.17. The summed E-state index contributed by atoms with van der Waals surface area (Å²) < 4.78 is 0. The van der Waals surface area contributed by atoms with Gasteiger partial charge < -0.3 is 5.32 Å². The number of amides is 1. The van der Waals surface area contributed by atoms with E-state index < -0.39 is 5.91 Å². The molecule has 0 heterocycles. The first kappa shape index (κ1) is 10.3. The number of terminal acetylenes is 1. The van der Waals surface area contributed by atoms with Crippen LogP contribution in [0.25, 0.3) is 10.4 Å². The van der Waals surface area contributed by atoms with Gasteiger partial charge in [0.2, 0.25) is 0 Å². The first-order valence-corrected chi connectivity index (χ1v) is 3.56. The van der Waals surface area contributed by atoms with Crippen molar-refractivity contribution in [2.24, 2.45) is 5.11 Å². The summed E-state index contributed by atoms with van der Waals surface area (Å²) in [6, 6.07) is 0. The Morgan fingerprint density at radius 1 is 1.67 bits per heavy atom. The van der Waals surface area contributed by atoms with E-state index in [-0.39, 0.29) is 0 Å². The maximum atomic E-state index is 10.5. The largest absolute Gasteiger partial charge is 0.345 e. The highest BCUT2D eigenvalue weighted by Crippen LogP contribution is 1.87. The van der Waals surface area contributed by atoms with Gasteiger partial charge in [0.1, 0.15) is 0 Å². The summed E-state index contributed by atoms with van der Waals surface area (Å²) >= 11 is 0. The third kappa shape index (κ3) is 6.46. The van der Waals surface area contributed by atoms with Gasteiger partial charge in [0.05, 0.1) is 0 Å². The van der Waals surface area contributed by atoms with Crippen LogP contribution in [0.1, 0.15) is 12.8 Å². The molecule has 0 aliphatic rings. The number of nitrogens with one attached hydrogen (secondary N) is 1. The molecule has 0 rings (SSSR count). The molecule has 0 aromatic carbocycles. The van der Waals surface area contributed by atoms with Gasteiger partial charge in [-0.25, -0.2) is 0 Å². The summed E-state index contributed by atoms with van der Waals surface area (Å²) in [5.41, 5.74) is 7.91. The average Bonchev–Trinajstić information content (AvgIpc) is 2.10. The topological polar surface area (TPSA) is 77.9 Å². The molecule has 0 saturated carbocycles. The molecule has 0 unspecified atom stereocenters. The van der Waals surface area contributed by atoms with Gasteiger partial charge in [-0.15, -0.1) is 6.42 Å². The van der Waals surface area contributed by atoms with Crippen molar-refractivity contribution in [2.45, 2.75) is 12.8 Å². The molecule has 0 aliphatic heterocycles. The number of carbonyl (C=O) groups excluding carboxylic acids is 1. The van der Waals surface area contributed by atoms with Crippen molar-refractivity contribution in [3.8, 4) is 12.3 Å². The zero-order valence-electron chi connectivity index (χ0n) is 6.66. The van der Waals surface area contributed by atoms with Crippen LogP contribution in [0.2, 0.25) is 0 Å². The second-order valence-corrected chi connectivity index (χ2v) is 2.06. The van der Waals surface area contributed by atoms with Crippen molar-refractivity contribution in [1.29, 1.82) is 0 Å². The van der Waals surface area contributed by atoms with Gasteiger partial charge >= 0.3 is 0 Å². The lowest BCUT2D eigenvalue weighted by Gasteiger charge is -1.97. The molecule has 0 bridgehead atoms. The lowest BCUT2D eigenvalue weighted by molar-refractivity contribution is -0.115. The summed E-state index contributed by atoms with van der Waals surface area (Å²) in [6.07, 6.45) is 6.33. The number of unbranched alkanes of at least 4 members (excludes halogenated alkanes) is 1. The molecular formula is C7H10N4O. The molecule has 0 radical (unpaired) electrons. The molecule has 1 N–H and O–H groups in total. The molecule has 0 aromatic rings. The maximum Gasteiger partial charge on any atom is 0.295 e. The van der Waals surface area contributed by atoms with E-state index in [1.807, 2.05) is 5.92 Å². The predicted octanol–water partition coefficient (Wildman–Crippen LogP) is 0.826. The van der Waals surface area contributed by atoms with E-state index in [1.165, 1.54) is 0 Å². The van der Waals surface area contributed by atoms with Crippen molar-refractivity contribution in [2.75, 3.05) is 13.1 Å². The summed E-state index contributed by atoms with van der Waals surface area (Å²) in [5.74, 6) is 1.53. The smallest absolute Gasteiger partial charge is 0.295 e. The molecule has 0 atom stereocenters. The van der Waals surface area contributed by atoms with E-state index in [0.29, 0.717) is 13.1 Å². The van der Waals surface area contributed by atoms with Gasteiger partial charge in [-0.2, -0.15) is 0 Å². The fraction of sp³-hybridized carbons (Fsp3) is 0.571. The summed E-state index contributed by atoms with van der Waals surface area (Å²) in [7, 11) is 0. The molecular weight excluding hydrogens is 156 g/mol. The van der Waals surface area contributed by atoms with Crippen LogP contribution >= 0.6 is 0 Å². The summed E-state index contributed by atoms with van der Waals surface area (Å²) in [5, 5.41) is 5.84. The Hall–Kier alpha value is -1.66. The molecule has 1 amide bonds. The molecule has 5 nitrogen and oxygen atoms in total. The van der Waals surface area contributed by atoms with E-state index in [0.717, 1.165) is 12.8 Å². The predicted molar refractivity (Wildman–Crippen MR) is 45.1 cm³/mol. The van der Waals surface area contributed by atoms with E-state index >= 15 is 0 Å². The first-order chi connectivity index (χ1) is 5.81. The average molecular weight is 166 g/mol. The highest BCUT2D eigenvalue weighted by Gasteiger charge is 1.91. The van der Waals surface area contributed by atoms with Crippen molar-refractivity contribution in [3.05, 3.63) is 10.4 Å². The quantitative estimate of drug-likeness (QED) is 0.212. The minimum atomic E-state index is -0.404. The fourth-order valence-electron chi connectivity index (χ4n) is 0.605. The van der Waals surface area contributed by atoms with Gasteiger partial charge in [-0.05, 0) is 24.3 Å². The van der Waals surface area contributed by atoms with Crippen LogP contribution in [0, 0.1) is 12.3 Å². The van der Waals surface area contributed by atoms with E-state index in [4.69, 9.17) is 12.0 Å². The van der Waals surface area contributed by atoms with Crippen LogP contribution in [0.5, 0.6) is 0 Å². The second-order valence-electron chi connectivity index (χ2n) is 2.06. The van der Waals surface area contributed by atoms with E-state index in [1.54, 1.807) is 0 Å². The Labute approximate surface area is 70.8 Å². The third-order valence-electron chi connectivity index (χ3n) is 1.16. The lowest BCUT2D eigenvalue weighted by Crippen LogP contribution is -2.22. The molecule has 0 aromatic heterocycles. The molecule has 0 saturated heterocycles. The zero-order valence-corrected chi connectivity index (χ0v) is 6.66. The van der Waals surface area contributed by atoms with Crippen molar-refractivity contribution >= 4 is 5.91 Å².